The first-order valence-electron chi connectivity index (χ1n) is 7.58. The van der Waals surface area contributed by atoms with Gasteiger partial charge in [0.25, 0.3) is 0 Å². The Balaban J connectivity index is 1.94. The minimum absolute atomic E-state index is 0.626. The molecule has 2 rings (SSSR count). The van der Waals surface area contributed by atoms with Gasteiger partial charge in [0.2, 0.25) is 0 Å². The van der Waals surface area contributed by atoms with E-state index < -0.39 is 0 Å². The van der Waals surface area contributed by atoms with Crippen LogP contribution in [0.4, 0.5) is 0 Å². The van der Waals surface area contributed by atoms with Crippen LogP contribution in [0.3, 0.4) is 0 Å². The molecule has 0 amide bonds. The second kappa shape index (κ2) is 8.95. The van der Waals surface area contributed by atoms with Crippen LogP contribution in [-0.4, -0.2) is 42.1 Å². The van der Waals surface area contributed by atoms with Crippen molar-refractivity contribution in [1.82, 2.24) is 4.90 Å². The normalized spacial score (nSPS) is 16.2. The third-order valence-electron chi connectivity index (χ3n) is 3.47. The van der Waals surface area contributed by atoms with Gasteiger partial charge in [0, 0.05) is 31.2 Å². The van der Waals surface area contributed by atoms with E-state index in [0.29, 0.717) is 19.1 Å². The molecule has 1 fully saturated rings. The van der Waals surface area contributed by atoms with Crippen molar-refractivity contribution < 1.29 is 4.74 Å². The molecule has 0 aliphatic carbocycles. The molecule has 1 saturated heterocycles. The first kappa shape index (κ1) is 16.2. The summed E-state index contributed by atoms with van der Waals surface area (Å²) in [7, 11) is 0. The van der Waals surface area contributed by atoms with Crippen molar-refractivity contribution in [3.05, 3.63) is 35.4 Å². The lowest BCUT2D eigenvalue weighted by atomic mass is 10.1. The van der Waals surface area contributed by atoms with E-state index in [4.69, 9.17) is 10.5 Å². The highest BCUT2D eigenvalue weighted by molar-refractivity contribution is 7.99. The SMILES string of the molecule is CCCOCc1ccccc1CN=C(N)N1CCSCC1. The molecule has 0 atom stereocenters. The zero-order valence-electron chi connectivity index (χ0n) is 12.8. The molecule has 0 unspecified atom stereocenters. The standard InChI is InChI=1S/C16H25N3OS/c1-2-9-20-13-15-6-4-3-5-14(15)12-18-16(17)19-7-10-21-11-8-19/h3-6H,2,7-13H2,1H3,(H2,17,18). The van der Waals surface area contributed by atoms with Gasteiger partial charge in [0.15, 0.2) is 5.96 Å². The molecular weight excluding hydrogens is 282 g/mol. The molecule has 1 heterocycles. The molecule has 0 aromatic heterocycles. The predicted molar refractivity (Wildman–Crippen MR) is 90.6 cm³/mol. The van der Waals surface area contributed by atoms with Gasteiger partial charge in [0.05, 0.1) is 13.2 Å². The number of thioether (sulfide) groups is 1. The highest BCUT2D eigenvalue weighted by Gasteiger charge is 2.12. The van der Waals surface area contributed by atoms with Gasteiger partial charge in [-0.25, -0.2) is 4.99 Å². The number of ether oxygens (including phenoxy) is 1. The fourth-order valence-electron chi connectivity index (χ4n) is 2.24. The lowest BCUT2D eigenvalue weighted by Gasteiger charge is -2.27. The zero-order valence-corrected chi connectivity index (χ0v) is 13.6. The summed E-state index contributed by atoms with van der Waals surface area (Å²) in [4.78, 5) is 6.74. The molecule has 0 radical (unpaired) electrons. The average molecular weight is 307 g/mol. The third kappa shape index (κ3) is 5.25. The topological polar surface area (TPSA) is 50.9 Å². The van der Waals surface area contributed by atoms with Crippen LogP contribution in [0.1, 0.15) is 24.5 Å². The Morgan fingerprint density at radius 3 is 2.71 bits per heavy atom. The number of benzene rings is 1. The zero-order chi connectivity index (χ0) is 14.9. The van der Waals surface area contributed by atoms with Crippen molar-refractivity contribution in [3.63, 3.8) is 0 Å². The Hall–Kier alpha value is -1.20. The predicted octanol–water partition coefficient (Wildman–Crippen LogP) is 2.48. The van der Waals surface area contributed by atoms with E-state index in [1.807, 2.05) is 23.9 Å². The largest absolute Gasteiger partial charge is 0.377 e. The summed E-state index contributed by atoms with van der Waals surface area (Å²) in [5.41, 5.74) is 8.51. The highest BCUT2D eigenvalue weighted by Crippen LogP contribution is 2.13. The summed E-state index contributed by atoms with van der Waals surface area (Å²) < 4.78 is 5.64. The fourth-order valence-corrected chi connectivity index (χ4v) is 3.14. The van der Waals surface area contributed by atoms with Gasteiger partial charge < -0.3 is 15.4 Å². The number of rotatable bonds is 6. The van der Waals surface area contributed by atoms with Crippen molar-refractivity contribution in [3.8, 4) is 0 Å². The van der Waals surface area contributed by atoms with E-state index in [0.717, 1.165) is 37.6 Å². The Kier molecular flexibility index (Phi) is 6.89. The van der Waals surface area contributed by atoms with Crippen LogP contribution >= 0.6 is 11.8 Å². The molecule has 5 heteroatoms. The molecular formula is C16H25N3OS. The van der Waals surface area contributed by atoms with Gasteiger partial charge in [-0.1, -0.05) is 31.2 Å². The second-order valence-corrected chi connectivity index (χ2v) is 6.32. The van der Waals surface area contributed by atoms with E-state index in [1.54, 1.807) is 0 Å². The lowest BCUT2D eigenvalue weighted by Crippen LogP contribution is -2.42. The molecule has 0 spiro atoms. The minimum Gasteiger partial charge on any atom is -0.377 e. The summed E-state index contributed by atoms with van der Waals surface area (Å²) in [6, 6.07) is 8.30. The maximum Gasteiger partial charge on any atom is 0.191 e. The Bertz CT molecular complexity index is 459. The van der Waals surface area contributed by atoms with Gasteiger partial charge in [-0.3, -0.25) is 0 Å². The number of aliphatic imine (C=N–C) groups is 1. The smallest absolute Gasteiger partial charge is 0.191 e. The van der Waals surface area contributed by atoms with Crippen LogP contribution < -0.4 is 5.73 Å². The van der Waals surface area contributed by atoms with Crippen LogP contribution in [0.5, 0.6) is 0 Å². The Morgan fingerprint density at radius 1 is 1.29 bits per heavy atom. The van der Waals surface area contributed by atoms with Crippen molar-refractivity contribution in [1.29, 1.82) is 0 Å². The molecule has 4 nitrogen and oxygen atoms in total. The molecule has 1 aromatic carbocycles. The Labute approximate surface area is 131 Å². The number of nitrogens with zero attached hydrogens (tertiary/aromatic N) is 2. The fraction of sp³-hybridized carbons (Fsp3) is 0.562. The van der Waals surface area contributed by atoms with Crippen molar-refractivity contribution in [2.24, 2.45) is 10.7 Å². The highest BCUT2D eigenvalue weighted by atomic mass is 32.2. The van der Waals surface area contributed by atoms with Gasteiger partial charge >= 0.3 is 0 Å². The average Bonchev–Trinajstić information content (AvgIpc) is 2.54. The Morgan fingerprint density at radius 2 is 2.00 bits per heavy atom. The number of guanidine groups is 1. The second-order valence-electron chi connectivity index (χ2n) is 5.10. The van der Waals surface area contributed by atoms with Crippen LogP contribution in [-0.2, 0) is 17.9 Å². The summed E-state index contributed by atoms with van der Waals surface area (Å²) in [5, 5.41) is 0. The first-order chi connectivity index (χ1) is 10.3. The third-order valence-corrected chi connectivity index (χ3v) is 4.41. The van der Waals surface area contributed by atoms with Crippen LogP contribution in [0.15, 0.2) is 29.3 Å². The summed E-state index contributed by atoms with van der Waals surface area (Å²) in [6.45, 7) is 6.20. The maximum absolute atomic E-state index is 6.10. The van der Waals surface area contributed by atoms with Crippen molar-refractivity contribution >= 4 is 17.7 Å². The van der Waals surface area contributed by atoms with Gasteiger partial charge in [-0.05, 0) is 17.5 Å². The monoisotopic (exact) mass is 307 g/mol. The molecule has 1 aromatic rings. The molecule has 1 aliphatic heterocycles. The maximum atomic E-state index is 6.10. The lowest BCUT2D eigenvalue weighted by molar-refractivity contribution is 0.121. The van der Waals surface area contributed by atoms with Crippen LogP contribution in [0, 0.1) is 0 Å². The van der Waals surface area contributed by atoms with Crippen molar-refractivity contribution in [2.45, 2.75) is 26.5 Å². The van der Waals surface area contributed by atoms with E-state index in [1.165, 1.54) is 11.1 Å². The van der Waals surface area contributed by atoms with E-state index in [-0.39, 0.29) is 0 Å². The summed E-state index contributed by atoms with van der Waals surface area (Å²) >= 11 is 1.98. The molecule has 116 valence electrons. The van der Waals surface area contributed by atoms with E-state index in [9.17, 15) is 0 Å². The number of nitrogens with two attached hydrogens (primary N) is 1. The van der Waals surface area contributed by atoms with Crippen LogP contribution in [0.25, 0.3) is 0 Å². The van der Waals surface area contributed by atoms with Gasteiger partial charge in [0.1, 0.15) is 0 Å². The van der Waals surface area contributed by atoms with E-state index >= 15 is 0 Å². The van der Waals surface area contributed by atoms with Crippen LogP contribution in [0.2, 0.25) is 0 Å². The molecule has 0 saturated carbocycles. The first-order valence-corrected chi connectivity index (χ1v) is 8.74. The summed E-state index contributed by atoms with van der Waals surface area (Å²) in [6.07, 6.45) is 1.04. The van der Waals surface area contributed by atoms with E-state index in [2.05, 4.69) is 28.9 Å². The molecule has 21 heavy (non-hydrogen) atoms. The molecule has 0 bridgehead atoms. The van der Waals surface area contributed by atoms with Gasteiger partial charge in [-0.15, -0.1) is 0 Å². The minimum atomic E-state index is 0.626. The quantitative estimate of drug-likeness (QED) is 0.498. The number of hydrogen-bond donors (Lipinski definition) is 1. The van der Waals surface area contributed by atoms with Gasteiger partial charge in [-0.2, -0.15) is 11.8 Å². The molecule has 1 aliphatic rings. The summed E-state index contributed by atoms with van der Waals surface area (Å²) in [5.74, 6) is 2.94. The molecule has 2 N–H and O–H groups in total. The number of hydrogen-bond acceptors (Lipinski definition) is 3. The van der Waals surface area contributed by atoms with Crippen molar-refractivity contribution in [2.75, 3.05) is 31.2 Å².